The molecule has 1 atom stereocenters. The highest BCUT2D eigenvalue weighted by atomic mass is 32.1. The summed E-state index contributed by atoms with van der Waals surface area (Å²) in [5.74, 6) is -0.476. The fourth-order valence-electron chi connectivity index (χ4n) is 3.59. The van der Waals surface area contributed by atoms with Crippen molar-refractivity contribution in [2.45, 2.75) is 25.8 Å². The number of nitrogens with one attached hydrogen (secondary N) is 1. The molecule has 3 N–H and O–H groups in total. The first-order valence-corrected chi connectivity index (χ1v) is 9.67. The van der Waals surface area contributed by atoms with E-state index in [1.54, 1.807) is 12.3 Å². The topological polar surface area (TPSA) is 92.1 Å². The fraction of sp³-hybridized carbons (Fsp3) is 0.250. The second-order valence-corrected chi connectivity index (χ2v) is 7.87. The molecule has 2 aromatic heterocycles. The lowest BCUT2D eigenvalue weighted by Crippen LogP contribution is -2.30. The van der Waals surface area contributed by atoms with Gasteiger partial charge in [0.25, 0.3) is 11.8 Å². The number of thiophene rings is 1. The number of H-pyrrole nitrogens is 1. The number of aromatic nitrogens is 2. The van der Waals surface area contributed by atoms with E-state index in [-0.39, 0.29) is 11.9 Å². The van der Waals surface area contributed by atoms with Gasteiger partial charge in [0, 0.05) is 17.0 Å². The maximum Gasteiger partial charge on any atom is 0.258 e. The van der Waals surface area contributed by atoms with Gasteiger partial charge in [-0.2, -0.15) is 5.10 Å². The van der Waals surface area contributed by atoms with E-state index in [1.807, 2.05) is 42.2 Å². The van der Waals surface area contributed by atoms with Crippen molar-refractivity contribution in [2.75, 3.05) is 6.54 Å². The summed E-state index contributed by atoms with van der Waals surface area (Å²) in [6, 6.07) is 11.6. The molecule has 0 radical (unpaired) electrons. The summed E-state index contributed by atoms with van der Waals surface area (Å²) in [7, 11) is 0. The van der Waals surface area contributed by atoms with Crippen molar-refractivity contribution < 1.29 is 9.59 Å². The zero-order chi connectivity index (χ0) is 19.0. The summed E-state index contributed by atoms with van der Waals surface area (Å²) in [4.78, 5) is 28.1. The van der Waals surface area contributed by atoms with Crippen molar-refractivity contribution in [3.05, 3.63) is 63.5 Å². The van der Waals surface area contributed by atoms with Crippen LogP contribution in [0.4, 0.5) is 0 Å². The molecule has 27 heavy (non-hydrogen) atoms. The summed E-state index contributed by atoms with van der Waals surface area (Å²) < 4.78 is 0. The Morgan fingerprint density at radius 1 is 1.30 bits per heavy atom. The third kappa shape index (κ3) is 3.26. The van der Waals surface area contributed by atoms with Crippen LogP contribution < -0.4 is 5.73 Å². The van der Waals surface area contributed by atoms with Crippen LogP contribution in [0.5, 0.6) is 0 Å². The van der Waals surface area contributed by atoms with Gasteiger partial charge in [0.1, 0.15) is 0 Å². The number of primary amides is 1. The Labute approximate surface area is 161 Å². The highest BCUT2D eigenvalue weighted by molar-refractivity contribution is 7.14. The number of hydrogen-bond donors (Lipinski definition) is 2. The molecule has 0 spiro atoms. The minimum absolute atomic E-state index is 0.0316. The molecule has 0 saturated carbocycles. The second-order valence-electron chi connectivity index (χ2n) is 6.75. The quantitative estimate of drug-likeness (QED) is 0.725. The van der Waals surface area contributed by atoms with Crippen LogP contribution in [-0.2, 0) is 0 Å². The highest BCUT2D eigenvalue weighted by Gasteiger charge is 2.33. The monoisotopic (exact) mass is 380 g/mol. The zero-order valence-corrected chi connectivity index (χ0v) is 15.8. The van der Waals surface area contributed by atoms with Crippen LogP contribution in [-0.4, -0.2) is 33.5 Å². The number of rotatable bonds is 4. The van der Waals surface area contributed by atoms with Gasteiger partial charge in [-0.05, 0) is 38.0 Å². The molecule has 138 valence electrons. The molecule has 3 heterocycles. The van der Waals surface area contributed by atoms with Crippen molar-refractivity contribution in [1.29, 1.82) is 0 Å². The smallest absolute Gasteiger partial charge is 0.258 e. The van der Waals surface area contributed by atoms with E-state index in [4.69, 9.17) is 5.73 Å². The Morgan fingerprint density at radius 2 is 2.15 bits per heavy atom. The van der Waals surface area contributed by atoms with E-state index >= 15 is 0 Å². The number of aromatic amines is 1. The lowest BCUT2D eigenvalue weighted by Gasteiger charge is -2.24. The number of likely N-dealkylation sites (tertiary alicyclic amines) is 1. The Kier molecular flexibility index (Phi) is 4.53. The SMILES string of the molecule is Cc1cccc(-c2[nH]ncc2C(=O)N2CCC[C@H]2c2ccc(C(N)=O)s2)c1. The molecule has 2 amide bonds. The van der Waals surface area contributed by atoms with Crippen molar-refractivity contribution >= 4 is 23.2 Å². The Balaban J connectivity index is 1.64. The van der Waals surface area contributed by atoms with E-state index in [9.17, 15) is 9.59 Å². The maximum absolute atomic E-state index is 13.3. The third-order valence-electron chi connectivity index (χ3n) is 4.89. The van der Waals surface area contributed by atoms with Crippen LogP contribution in [0.2, 0.25) is 0 Å². The summed E-state index contributed by atoms with van der Waals surface area (Å²) in [6.07, 6.45) is 3.40. The number of aryl methyl sites for hydroxylation is 1. The van der Waals surface area contributed by atoms with Crippen LogP contribution in [0.25, 0.3) is 11.3 Å². The molecular weight excluding hydrogens is 360 g/mol. The number of amides is 2. The van der Waals surface area contributed by atoms with E-state index in [1.165, 1.54) is 11.3 Å². The van der Waals surface area contributed by atoms with Gasteiger partial charge in [-0.15, -0.1) is 11.3 Å². The molecule has 1 saturated heterocycles. The second kappa shape index (κ2) is 7.00. The van der Waals surface area contributed by atoms with E-state index in [0.29, 0.717) is 17.0 Å². The summed E-state index contributed by atoms with van der Waals surface area (Å²) in [6.45, 7) is 2.71. The van der Waals surface area contributed by atoms with Gasteiger partial charge in [-0.1, -0.05) is 23.8 Å². The number of nitrogens with two attached hydrogens (primary N) is 1. The van der Waals surface area contributed by atoms with E-state index < -0.39 is 5.91 Å². The zero-order valence-electron chi connectivity index (χ0n) is 14.9. The van der Waals surface area contributed by atoms with Crippen molar-refractivity contribution in [2.24, 2.45) is 5.73 Å². The van der Waals surface area contributed by atoms with Crippen LogP contribution in [0.15, 0.2) is 42.6 Å². The number of carbonyl (C=O) groups excluding carboxylic acids is 2. The molecule has 0 aliphatic carbocycles. The third-order valence-corrected chi connectivity index (χ3v) is 6.09. The fourth-order valence-corrected chi connectivity index (χ4v) is 4.60. The number of hydrogen-bond acceptors (Lipinski definition) is 4. The van der Waals surface area contributed by atoms with Gasteiger partial charge in [0.05, 0.1) is 28.4 Å². The van der Waals surface area contributed by atoms with E-state index in [0.717, 1.165) is 34.5 Å². The minimum atomic E-state index is -0.432. The van der Waals surface area contributed by atoms with E-state index in [2.05, 4.69) is 10.2 Å². The first kappa shape index (κ1) is 17.5. The summed E-state index contributed by atoms with van der Waals surface area (Å²) in [5.41, 5.74) is 8.74. The molecule has 0 bridgehead atoms. The van der Waals surface area contributed by atoms with Gasteiger partial charge in [-0.3, -0.25) is 14.7 Å². The minimum Gasteiger partial charge on any atom is -0.365 e. The van der Waals surface area contributed by atoms with Crippen LogP contribution in [0.3, 0.4) is 0 Å². The van der Waals surface area contributed by atoms with Crippen molar-refractivity contribution in [3.8, 4) is 11.3 Å². The molecule has 7 heteroatoms. The normalized spacial score (nSPS) is 16.6. The molecule has 1 aromatic carbocycles. The number of benzene rings is 1. The van der Waals surface area contributed by atoms with Crippen LogP contribution in [0.1, 0.15) is 49.4 Å². The average molecular weight is 380 g/mol. The van der Waals surface area contributed by atoms with Gasteiger partial charge in [-0.25, -0.2) is 0 Å². The predicted molar refractivity (Wildman–Crippen MR) is 105 cm³/mol. The maximum atomic E-state index is 13.3. The lowest BCUT2D eigenvalue weighted by molar-refractivity contribution is 0.0738. The molecule has 0 unspecified atom stereocenters. The molecule has 1 fully saturated rings. The predicted octanol–water partition coefficient (Wildman–Crippen LogP) is 3.52. The summed E-state index contributed by atoms with van der Waals surface area (Å²) >= 11 is 1.37. The first-order chi connectivity index (χ1) is 13.0. The number of carbonyl (C=O) groups is 2. The Hall–Kier alpha value is -2.93. The Morgan fingerprint density at radius 3 is 2.89 bits per heavy atom. The van der Waals surface area contributed by atoms with Crippen molar-refractivity contribution in [3.63, 3.8) is 0 Å². The highest BCUT2D eigenvalue weighted by Crippen LogP contribution is 2.37. The van der Waals surface area contributed by atoms with Gasteiger partial charge in [0.2, 0.25) is 0 Å². The van der Waals surface area contributed by atoms with Gasteiger partial charge < -0.3 is 10.6 Å². The molecule has 6 nitrogen and oxygen atoms in total. The molecule has 4 rings (SSSR count). The molecule has 1 aliphatic heterocycles. The number of nitrogens with zero attached hydrogens (tertiary/aromatic N) is 2. The van der Waals surface area contributed by atoms with Gasteiger partial charge in [0.15, 0.2) is 0 Å². The van der Waals surface area contributed by atoms with Crippen molar-refractivity contribution in [1.82, 2.24) is 15.1 Å². The Bertz CT molecular complexity index is 1010. The molecule has 3 aromatic rings. The van der Waals surface area contributed by atoms with Crippen LogP contribution in [0, 0.1) is 6.92 Å². The average Bonchev–Trinajstić information content (AvgIpc) is 3.40. The largest absolute Gasteiger partial charge is 0.365 e. The molecular formula is C20H20N4O2S. The lowest BCUT2D eigenvalue weighted by atomic mass is 10.0. The first-order valence-electron chi connectivity index (χ1n) is 8.85. The summed E-state index contributed by atoms with van der Waals surface area (Å²) in [5, 5.41) is 7.09. The standard InChI is InChI=1S/C20H20N4O2S/c1-12-4-2-5-13(10-12)18-14(11-22-23-18)20(26)24-9-3-6-15(24)16-7-8-17(27-16)19(21)25/h2,4-5,7-8,10-11,15H,3,6,9H2,1H3,(H2,21,25)(H,22,23)/t15-/m0/s1. The van der Waals surface area contributed by atoms with Gasteiger partial charge >= 0.3 is 0 Å². The molecule has 1 aliphatic rings. The van der Waals surface area contributed by atoms with Crippen LogP contribution >= 0.6 is 11.3 Å².